The van der Waals surface area contributed by atoms with Gasteiger partial charge in [0, 0.05) is 36.1 Å². The number of hydrogen-bond donors (Lipinski definition) is 1. The molecule has 3 aromatic rings. The molecule has 9 nitrogen and oxygen atoms in total. The van der Waals surface area contributed by atoms with Gasteiger partial charge in [0.25, 0.3) is 11.6 Å². The van der Waals surface area contributed by atoms with Crippen LogP contribution in [-0.2, 0) is 6.42 Å². The molecular formula is C25H27N3O6. The summed E-state index contributed by atoms with van der Waals surface area (Å²) in [5, 5.41) is 14.7. The maximum absolute atomic E-state index is 12.6. The molecule has 9 heteroatoms. The van der Waals surface area contributed by atoms with Crippen molar-refractivity contribution in [1.82, 2.24) is 10.3 Å². The summed E-state index contributed by atoms with van der Waals surface area (Å²) in [5.41, 5.74) is 1.90. The van der Waals surface area contributed by atoms with Gasteiger partial charge in [-0.1, -0.05) is 6.07 Å². The van der Waals surface area contributed by atoms with Crippen molar-refractivity contribution in [3.8, 4) is 28.4 Å². The Labute approximate surface area is 197 Å². The second-order valence-electron chi connectivity index (χ2n) is 7.45. The highest BCUT2D eigenvalue weighted by Crippen LogP contribution is 2.46. The zero-order valence-corrected chi connectivity index (χ0v) is 19.4. The first-order valence-corrected chi connectivity index (χ1v) is 10.7. The highest BCUT2D eigenvalue weighted by molar-refractivity contribution is 5.96. The fourth-order valence-electron chi connectivity index (χ4n) is 3.67. The summed E-state index contributed by atoms with van der Waals surface area (Å²) in [5.74, 6) is 0.696. The number of aromatic nitrogens is 1. The molecule has 0 radical (unpaired) electrons. The smallest absolute Gasteiger partial charge is 0.278 e. The van der Waals surface area contributed by atoms with Crippen LogP contribution in [-0.4, -0.2) is 43.7 Å². The van der Waals surface area contributed by atoms with Crippen LogP contribution in [0.4, 0.5) is 5.69 Å². The van der Waals surface area contributed by atoms with Gasteiger partial charge in [-0.2, -0.15) is 0 Å². The number of nitro groups is 1. The molecule has 34 heavy (non-hydrogen) atoms. The highest BCUT2D eigenvalue weighted by Gasteiger charge is 2.24. The van der Waals surface area contributed by atoms with Crippen LogP contribution in [0, 0.1) is 10.1 Å². The van der Waals surface area contributed by atoms with Crippen LogP contribution < -0.4 is 19.5 Å². The Morgan fingerprint density at radius 3 is 2.41 bits per heavy atom. The Bertz CT molecular complexity index is 1150. The van der Waals surface area contributed by atoms with Crippen molar-refractivity contribution in [1.29, 1.82) is 0 Å². The van der Waals surface area contributed by atoms with Crippen LogP contribution in [0.2, 0.25) is 0 Å². The topological polar surface area (TPSA) is 113 Å². The van der Waals surface area contributed by atoms with Gasteiger partial charge in [0.2, 0.25) is 5.75 Å². The van der Waals surface area contributed by atoms with Gasteiger partial charge >= 0.3 is 0 Å². The van der Waals surface area contributed by atoms with Crippen LogP contribution in [0.1, 0.15) is 28.8 Å². The van der Waals surface area contributed by atoms with Crippen molar-refractivity contribution in [3.63, 3.8) is 0 Å². The van der Waals surface area contributed by atoms with E-state index in [4.69, 9.17) is 14.2 Å². The number of amides is 1. The standard InChI is InChI=1S/C25H27N3O6/c1-32-22-12-11-20(23(33-2)24(22)34-3)19-10-9-18(15-21(19)28(30)31)25(29)27-14-5-4-7-17-8-6-13-26-16-17/h6,8-13,15-16H,4-5,7,14H2,1-3H3,(H,27,29). The third kappa shape index (κ3) is 5.61. The maximum Gasteiger partial charge on any atom is 0.278 e. The number of methoxy groups -OCH3 is 3. The number of aryl methyl sites for hydroxylation is 1. The number of nitrogens with one attached hydrogen (secondary N) is 1. The number of nitro benzene ring substituents is 1. The summed E-state index contributed by atoms with van der Waals surface area (Å²) in [6.45, 7) is 0.470. The fourth-order valence-corrected chi connectivity index (χ4v) is 3.67. The first-order valence-electron chi connectivity index (χ1n) is 10.7. The number of unbranched alkanes of at least 4 members (excludes halogenated alkanes) is 1. The lowest BCUT2D eigenvalue weighted by atomic mass is 9.99. The van der Waals surface area contributed by atoms with Gasteiger partial charge in [-0.05, 0) is 55.2 Å². The number of ether oxygens (including phenoxy) is 3. The van der Waals surface area contributed by atoms with E-state index in [1.165, 1.54) is 27.4 Å². The van der Waals surface area contributed by atoms with Gasteiger partial charge in [-0.15, -0.1) is 0 Å². The minimum absolute atomic E-state index is 0.210. The van der Waals surface area contributed by atoms with Gasteiger partial charge in [0.1, 0.15) is 0 Å². The number of pyridine rings is 1. The summed E-state index contributed by atoms with van der Waals surface area (Å²) in [6, 6.07) is 11.6. The first kappa shape index (κ1) is 24.5. The number of rotatable bonds is 11. The largest absolute Gasteiger partial charge is 0.493 e. The molecule has 1 aromatic heterocycles. The molecule has 0 aliphatic rings. The Hall–Kier alpha value is -4.14. The highest BCUT2D eigenvalue weighted by atomic mass is 16.6. The zero-order valence-electron chi connectivity index (χ0n) is 19.4. The quantitative estimate of drug-likeness (QED) is 0.253. The number of nitrogens with zero attached hydrogens (tertiary/aromatic N) is 2. The molecule has 0 saturated heterocycles. The molecule has 0 fully saturated rings. The average molecular weight is 466 g/mol. The molecule has 0 aliphatic carbocycles. The van der Waals surface area contributed by atoms with Crippen molar-refractivity contribution < 1.29 is 23.9 Å². The van der Waals surface area contributed by atoms with Crippen molar-refractivity contribution in [2.45, 2.75) is 19.3 Å². The molecule has 1 heterocycles. The van der Waals surface area contributed by atoms with Gasteiger partial charge in [0.15, 0.2) is 11.5 Å². The third-order valence-electron chi connectivity index (χ3n) is 5.35. The fraction of sp³-hybridized carbons (Fsp3) is 0.280. The second kappa shape index (κ2) is 11.6. The lowest BCUT2D eigenvalue weighted by Gasteiger charge is -2.16. The van der Waals surface area contributed by atoms with E-state index >= 15 is 0 Å². The second-order valence-corrected chi connectivity index (χ2v) is 7.45. The minimum Gasteiger partial charge on any atom is -0.493 e. The Morgan fingerprint density at radius 1 is 1.00 bits per heavy atom. The summed E-state index contributed by atoms with van der Waals surface area (Å²) in [7, 11) is 4.40. The monoisotopic (exact) mass is 465 g/mol. The third-order valence-corrected chi connectivity index (χ3v) is 5.35. The van der Waals surface area contributed by atoms with Gasteiger partial charge < -0.3 is 19.5 Å². The van der Waals surface area contributed by atoms with Gasteiger partial charge in [-0.25, -0.2) is 0 Å². The number of carbonyl (C=O) groups is 1. The van der Waals surface area contributed by atoms with Crippen LogP contribution in [0.25, 0.3) is 11.1 Å². The van der Waals surface area contributed by atoms with E-state index in [2.05, 4.69) is 10.3 Å². The molecule has 0 bridgehead atoms. The lowest BCUT2D eigenvalue weighted by molar-refractivity contribution is -0.384. The van der Waals surface area contributed by atoms with E-state index in [1.807, 2.05) is 18.3 Å². The molecule has 0 saturated carbocycles. The number of benzene rings is 2. The normalized spacial score (nSPS) is 10.4. The molecule has 0 atom stereocenters. The average Bonchev–Trinajstić information content (AvgIpc) is 2.87. The van der Waals surface area contributed by atoms with Crippen molar-refractivity contribution >= 4 is 11.6 Å². The van der Waals surface area contributed by atoms with Crippen molar-refractivity contribution in [2.75, 3.05) is 27.9 Å². The molecule has 2 aromatic carbocycles. The zero-order chi connectivity index (χ0) is 24.5. The molecule has 0 unspecified atom stereocenters. The van der Waals surface area contributed by atoms with Crippen LogP contribution in [0.3, 0.4) is 0 Å². The van der Waals surface area contributed by atoms with Crippen LogP contribution in [0.5, 0.6) is 17.2 Å². The molecule has 3 rings (SSSR count). The van der Waals surface area contributed by atoms with E-state index in [1.54, 1.807) is 30.5 Å². The Morgan fingerprint density at radius 2 is 1.76 bits per heavy atom. The predicted octanol–water partition coefficient (Wildman–Crippen LogP) is 4.44. The molecular weight excluding hydrogens is 438 g/mol. The van der Waals surface area contributed by atoms with Crippen LogP contribution in [0.15, 0.2) is 54.9 Å². The summed E-state index contributed by atoms with van der Waals surface area (Å²) < 4.78 is 16.1. The predicted molar refractivity (Wildman–Crippen MR) is 128 cm³/mol. The summed E-state index contributed by atoms with van der Waals surface area (Å²) in [6.07, 6.45) is 6.10. The Balaban J connectivity index is 1.76. The van der Waals surface area contributed by atoms with E-state index in [-0.39, 0.29) is 17.2 Å². The molecule has 0 spiro atoms. The van der Waals surface area contributed by atoms with Crippen molar-refractivity contribution in [2.24, 2.45) is 0 Å². The van der Waals surface area contributed by atoms with Crippen molar-refractivity contribution in [3.05, 3.63) is 76.1 Å². The molecule has 1 N–H and O–H groups in total. The Kier molecular flexibility index (Phi) is 8.39. The van der Waals surface area contributed by atoms with Gasteiger partial charge in [-0.3, -0.25) is 19.9 Å². The minimum atomic E-state index is -0.518. The molecule has 0 aliphatic heterocycles. The maximum atomic E-state index is 12.6. The first-order chi connectivity index (χ1) is 16.5. The molecule has 1 amide bonds. The summed E-state index contributed by atoms with van der Waals surface area (Å²) in [4.78, 5) is 28.0. The van der Waals surface area contributed by atoms with Crippen LogP contribution >= 0.6 is 0 Å². The van der Waals surface area contributed by atoms with E-state index in [0.29, 0.717) is 34.9 Å². The van der Waals surface area contributed by atoms with E-state index in [9.17, 15) is 14.9 Å². The number of hydrogen-bond acceptors (Lipinski definition) is 7. The molecule has 178 valence electrons. The number of carbonyl (C=O) groups excluding carboxylic acids is 1. The van der Waals surface area contributed by atoms with E-state index in [0.717, 1.165) is 24.8 Å². The SMILES string of the molecule is COc1ccc(-c2ccc(C(=O)NCCCCc3cccnc3)cc2[N+](=O)[O-])c(OC)c1OC. The van der Waals surface area contributed by atoms with Gasteiger partial charge in [0.05, 0.1) is 31.8 Å². The summed E-state index contributed by atoms with van der Waals surface area (Å²) >= 11 is 0. The van der Waals surface area contributed by atoms with E-state index < -0.39 is 4.92 Å². The lowest BCUT2D eigenvalue weighted by Crippen LogP contribution is -2.24.